The number of ether oxygens (including phenoxy) is 4. The van der Waals surface area contributed by atoms with E-state index < -0.39 is 76.4 Å². The molecule has 9 atom stereocenters. The van der Waals surface area contributed by atoms with E-state index in [9.17, 15) is 34.8 Å². The molecule has 218 valence electrons. The molecule has 40 heavy (non-hydrogen) atoms. The lowest BCUT2D eigenvalue weighted by Gasteiger charge is -2.67. The molecular formula is C29H36O11. The van der Waals surface area contributed by atoms with Crippen LogP contribution in [0.5, 0.6) is 0 Å². The van der Waals surface area contributed by atoms with Gasteiger partial charge in [0, 0.05) is 18.3 Å². The van der Waals surface area contributed by atoms with Gasteiger partial charge in [-0.1, -0.05) is 32.0 Å². The van der Waals surface area contributed by atoms with Crippen molar-refractivity contribution in [3.63, 3.8) is 0 Å². The van der Waals surface area contributed by atoms with Gasteiger partial charge in [0.25, 0.3) is 0 Å². The van der Waals surface area contributed by atoms with Gasteiger partial charge in [-0.25, -0.2) is 9.59 Å². The Hall–Kier alpha value is -2.83. The van der Waals surface area contributed by atoms with E-state index in [-0.39, 0.29) is 30.6 Å². The van der Waals surface area contributed by atoms with Crippen LogP contribution in [0.2, 0.25) is 0 Å². The van der Waals surface area contributed by atoms with Crippen molar-refractivity contribution in [1.29, 1.82) is 0 Å². The smallest absolute Gasteiger partial charge is 0.455 e. The zero-order valence-electron chi connectivity index (χ0n) is 23.1. The van der Waals surface area contributed by atoms with Crippen molar-refractivity contribution in [2.45, 2.75) is 82.3 Å². The first-order valence-electron chi connectivity index (χ1n) is 13.3. The molecule has 0 aromatic heterocycles. The van der Waals surface area contributed by atoms with E-state index >= 15 is 0 Å². The molecule has 4 N–H and O–H groups in total. The maximum absolute atomic E-state index is 14.3. The number of carbonyl (C=O) groups is 3. The van der Waals surface area contributed by atoms with Crippen LogP contribution in [0.3, 0.4) is 0 Å². The molecule has 3 aliphatic carbocycles. The van der Waals surface area contributed by atoms with Crippen LogP contribution in [0.4, 0.5) is 4.79 Å². The summed E-state index contributed by atoms with van der Waals surface area (Å²) >= 11 is 0. The first kappa shape index (κ1) is 28.7. The molecule has 11 nitrogen and oxygen atoms in total. The van der Waals surface area contributed by atoms with Gasteiger partial charge in [-0.2, -0.15) is 0 Å². The molecule has 2 saturated carbocycles. The summed E-state index contributed by atoms with van der Waals surface area (Å²) < 4.78 is 22.4. The summed E-state index contributed by atoms with van der Waals surface area (Å²) in [7, 11) is 1.11. The third-order valence-electron chi connectivity index (χ3n) is 10.1. The molecule has 2 bridgehead atoms. The number of ketones is 1. The number of Topliss-reactive ketones (excluding diaryl/α,β-unsaturated/α-hetero) is 1. The van der Waals surface area contributed by atoms with Crippen LogP contribution in [0, 0.1) is 16.7 Å². The highest BCUT2D eigenvalue weighted by molar-refractivity contribution is 5.94. The van der Waals surface area contributed by atoms with Crippen LogP contribution in [-0.2, 0) is 23.7 Å². The molecule has 3 fully saturated rings. The number of methoxy groups -OCH3 is 1. The topological polar surface area (TPSA) is 169 Å². The molecule has 1 heterocycles. The number of esters is 1. The molecule has 5 rings (SSSR count). The average molecular weight is 561 g/mol. The molecular weight excluding hydrogens is 524 g/mol. The molecule has 1 aliphatic heterocycles. The summed E-state index contributed by atoms with van der Waals surface area (Å²) in [6.45, 7) is 5.94. The standard InChI is InChI=1S/C29H36O11/c1-14-16(30)12-29(36)23(39-24(34)15-9-7-6-8-10-15)21-27(4,22(33)20(32)19(14)26(29,2)3)17(31)11-18-28(21,13-38-18)40-25(35)37-5/h6-10,16-18,20-21,23,30-32,36H,11-13H2,1-5H3/t16-,17-,18?,20+,21?,23?,27+,28-,29+/m0/s1. The molecule has 0 radical (unpaired) electrons. The predicted octanol–water partition coefficient (Wildman–Crippen LogP) is 1.30. The van der Waals surface area contributed by atoms with Crippen LogP contribution in [-0.4, -0.2) is 93.8 Å². The quantitative estimate of drug-likeness (QED) is 0.311. The molecule has 11 heteroatoms. The van der Waals surface area contributed by atoms with E-state index in [1.807, 2.05) is 0 Å². The van der Waals surface area contributed by atoms with Crippen LogP contribution in [0.1, 0.15) is 50.9 Å². The van der Waals surface area contributed by atoms with Crippen molar-refractivity contribution in [2.75, 3.05) is 13.7 Å². The lowest BCUT2D eigenvalue weighted by atomic mass is 9.44. The Labute approximate surface area is 231 Å². The summed E-state index contributed by atoms with van der Waals surface area (Å²) in [5, 5.41) is 46.8. The zero-order valence-corrected chi connectivity index (χ0v) is 23.1. The Bertz CT molecular complexity index is 1260. The zero-order chi connectivity index (χ0) is 29.4. The van der Waals surface area contributed by atoms with E-state index in [1.54, 1.807) is 39.0 Å². The molecule has 1 aromatic carbocycles. The minimum atomic E-state index is -2.11. The van der Waals surface area contributed by atoms with Gasteiger partial charge in [0.05, 0.1) is 42.8 Å². The second kappa shape index (κ2) is 9.35. The summed E-state index contributed by atoms with van der Waals surface area (Å²) in [4.78, 5) is 40.5. The van der Waals surface area contributed by atoms with E-state index in [4.69, 9.17) is 18.9 Å². The van der Waals surface area contributed by atoms with E-state index in [0.29, 0.717) is 5.57 Å². The first-order valence-corrected chi connectivity index (χ1v) is 13.3. The van der Waals surface area contributed by atoms with E-state index in [1.165, 1.54) is 19.1 Å². The van der Waals surface area contributed by atoms with Crippen molar-refractivity contribution in [2.24, 2.45) is 16.7 Å². The number of rotatable bonds is 3. The number of fused-ring (bicyclic) bond motifs is 5. The molecule has 3 unspecified atom stereocenters. The fourth-order valence-corrected chi connectivity index (χ4v) is 7.59. The molecule has 0 spiro atoms. The van der Waals surface area contributed by atoms with Gasteiger partial charge < -0.3 is 39.4 Å². The van der Waals surface area contributed by atoms with Crippen molar-refractivity contribution in [1.82, 2.24) is 0 Å². The Balaban J connectivity index is 1.81. The van der Waals surface area contributed by atoms with Gasteiger partial charge >= 0.3 is 12.1 Å². The summed E-state index contributed by atoms with van der Waals surface area (Å²) in [6, 6.07) is 8.02. The third-order valence-corrected chi connectivity index (χ3v) is 10.1. The maximum atomic E-state index is 14.3. The van der Waals surface area contributed by atoms with Gasteiger partial charge in [-0.15, -0.1) is 0 Å². The van der Waals surface area contributed by atoms with Crippen molar-refractivity contribution >= 4 is 17.9 Å². The van der Waals surface area contributed by atoms with Gasteiger partial charge in [0.1, 0.15) is 23.9 Å². The summed E-state index contributed by atoms with van der Waals surface area (Å²) in [5.74, 6) is -3.06. The van der Waals surface area contributed by atoms with Crippen LogP contribution >= 0.6 is 0 Å². The molecule has 1 saturated heterocycles. The third kappa shape index (κ3) is 3.64. The average Bonchev–Trinajstić information content (AvgIpc) is 2.91. The highest BCUT2D eigenvalue weighted by atomic mass is 16.8. The highest BCUT2D eigenvalue weighted by Gasteiger charge is 2.78. The maximum Gasteiger partial charge on any atom is 0.508 e. The van der Waals surface area contributed by atoms with Gasteiger partial charge in [0.2, 0.25) is 0 Å². The van der Waals surface area contributed by atoms with Gasteiger partial charge in [-0.05, 0) is 37.1 Å². The second-order valence-electron chi connectivity index (χ2n) is 12.1. The van der Waals surface area contributed by atoms with Crippen LogP contribution in [0.25, 0.3) is 0 Å². The number of carbonyl (C=O) groups excluding carboxylic acids is 3. The largest absolute Gasteiger partial charge is 0.508 e. The molecule has 0 amide bonds. The number of aliphatic hydroxyl groups is 4. The van der Waals surface area contributed by atoms with Crippen LogP contribution in [0.15, 0.2) is 41.5 Å². The highest BCUT2D eigenvalue weighted by Crippen LogP contribution is 2.63. The number of benzene rings is 1. The van der Waals surface area contributed by atoms with Crippen molar-refractivity contribution in [3.05, 3.63) is 47.0 Å². The Kier molecular flexibility index (Phi) is 6.71. The minimum absolute atomic E-state index is 0.0845. The lowest BCUT2D eigenvalue weighted by molar-refractivity contribution is -0.344. The number of hydrogen-bond donors (Lipinski definition) is 4. The van der Waals surface area contributed by atoms with E-state index in [0.717, 1.165) is 7.11 Å². The Morgan fingerprint density at radius 2 is 1.73 bits per heavy atom. The summed E-state index contributed by atoms with van der Waals surface area (Å²) in [5.41, 5.74) is -6.56. The van der Waals surface area contributed by atoms with Gasteiger partial charge in [0.15, 0.2) is 11.4 Å². The van der Waals surface area contributed by atoms with Crippen molar-refractivity contribution < 1.29 is 53.8 Å². The Morgan fingerprint density at radius 1 is 1.07 bits per heavy atom. The van der Waals surface area contributed by atoms with E-state index in [2.05, 4.69) is 0 Å². The van der Waals surface area contributed by atoms with Crippen LogP contribution < -0.4 is 0 Å². The second-order valence-corrected chi connectivity index (χ2v) is 12.1. The fraction of sp³-hybridized carbons (Fsp3) is 0.621. The SMILES string of the molecule is COC(=O)O[C@@]12COC1C[C@H](O)[C@@]1(C)C(=O)[C@H](O)C3=C(C)[C@@H](O)C[C@@](O)(C(OC(=O)c4ccccc4)C21)C3(C)C. The number of aliphatic hydroxyl groups excluding tert-OH is 3. The van der Waals surface area contributed by atoms with Gasteiger partial charge in [-0.3, -0.25) is 4.79 Å². The number of hydrogen-bond acceptors (Lipinski definition) is 11. The normalized spacial score (nSPS) is 41.9. The lowest BCUT2D eigenvalue weighted by Crippen LogP contribution is -2.81. The summed E-state index contributed by atoms with van der Waals surface area (Å²) in [6.07, 6.45) is -8.67. The molecule has 1 aromatic rings. The Morgan fingerprint density at radius 3 is 2.30 bits per heavy atom. The monoisotopic (exact) mass is 560 g/mol. The fourth-order valence-electron chi connectivity index (χ4n) is 7.59. The molecule has 4 aliphatic rings. The minimum Gasteiger partial charge on any atom is -0.455 e. The predicted molar refractivity (Wildman–Crippen MR) is 137 cm³/mol. The first-order chi connectivity index (χ1) is 18.7. The van der Waals surface area contributed by atoms with Crippen molar-refractivity contribution in [3.8, 4) is 0 Å².